The molecule has 1 atom stereocenters. The number of nitrogens with zero attached hydrogens (tertiary/aromatic N) is 3. The Morgan fingerprint density at radius 1 is 1.21 bits per heavy atom. The van der Waals surface area contributed by atoms with Gasteiger partial charge in [-0.1, -0.05) is 30.3 Å². The van der Waals surface area contributed by atoms with Gasteiger partial charge in [0.15, 0.2) is 0 Å². The van der Waals surface area contributed by atoms with Gasteiger partial charge in [0, 0.05) is 26.7 Å². The minimum atomic E-state index is -0.158. The molecule has 1 aromatic rings. The molecule has 2 amide bonds. The van der Waals surface area contributed by atoms with Crippen LogP contribution >= 0.6 is 0 Å². The number of amides is 2. The predicted molar refractivity (Wildman–Crippen MR) is 95.4 cm³/mol. The molecule has 0 bridgehead atoms. The van der Waals surface area contributed by atoms with Crippen LogP contribution in [0.2, 0.25) is 0 Å². The SMILES string of the molecule is CC(C)N(Cc1ccccc1)C(=O)CN1CCCC1C(=O)N(C)C. The first-order chi connectivity index (χ1) is 11.4. The van der Waals surface area contributed by atoms with E-state index < -0.39 is 0 Å². The van der Waals surface area contributed by atoms with Crippen molar-refractivity contribution in [2.45, 2.75) is 45.3 Å². The molecule has 0 N–H and O–H groups in total. The summed E-state index contributed by atoms with van der Waals surface area (Å²) in [7, 11) is 3.55. The van der Waals surface area contributed by atoms with Gasteiger partial charge in [0.25, 0.3) is 0 Å². The van der Waals surface area contributed by atoms with Crippen molar-refractivity contribution in [2.24, 2.45) is 0 Å². The summed E-state index contributed by atoms with van der Waals surface area (Å²) in [4.78, 5) is 30.7. The second-order valence-electron chi connectivity index (χ2n) is 6.96. The van der Waals surface area contributed by atoms with E-state index in [1.54, 1.807) is 19.0 Å². The molecule has 0 saturated carbocycles. The molecule has 1 heterocycles. The summed E-state index contributed by atoms with van der Waals surface area (Å²) in [5, 5.41) is 0. The van der Waals surface area contributed by atoms with E-state index in [9.17, 15) is 9.59 Å². The van der Waals surface area contributed by atoms with Gasteiger partial charge >= 0.3 is 0 Å². The highest BCUT2D eigenvalue weighted by molar-refractivity contribution is 5.84. The fraction of sp³-hybridized carbons (Fsp3) is 0.579. The average Bonchev–Trinajstić information content (AvgIpc) is 3.00. The molecule has 0 radical (unpaired) electrons. The molecule has 0 spiro atoms. The predicted octanol–water partition coefficient (Wildman–Crippen LogP) is 1.98. The van der Waals surface area contributed by atoms with E-state index in [1.165, 1.54) is 0 Å². The van der Waals surface area contributed by atoms with Crippen LogP contribution in [0, 0.1) is 0 Å². The van der Waals surface area contributed by atoms with Crippen molar-refractivity contribution < 1.29 is 9.59 Å². The summed E-state index contributed by atoms with van der Waals surface area (Å²) < 4.78 is 0. The zero-order valence-corrected chi connectivity index (χ0v) is 15.2. The lowest BCUT2D eigenvalue weighted by Crippen LogP contribution is -2.48. The summed E-state index contributed by atoms with van der Waals surface area (Å²) in [6, 6.07) is 10.0. The summed E-state index contributed by atoms with van der Waals surface area (Å²) in [6.45, 7) is 5.81. The number of benzene rings is 1. The number of likely N-dealkylation sites (N-methyl/N-ethyl adjacent to an activating group) is 1. The molecule has 5 nitrogen and oxygen atoms in total. The van der Waals surface area contributed by atoms with Crippen LogP contribution in [0.4, 0.5) is 0 Å². The zero-order valence-electron chi connectivity index (χ0n) is 15.2. The quantitative estimate of drug-likeness (QED) is 0.800. The van der Waals surface area contributed by atoms with Crippen LogP contribution < -0.4 is 0 Å². The maximum atomic E-state index is 12.8. The summed E-state index contributed by atoms with van der Waals surface area (Å²) >= 11 is 0. The van der Waals surface area contributed by atoms with Crippen LogP contribution in [0.15, 0.2) is 30.3 Å². The molecule has 24 heavy (non-hydrogen) atoms. The molecule has 5 heteroatoms. The van der Waals surface area contributed by atoms with Crippen molar-refractivity contribution in [2.75, 3.05) is 27.2 Å². The van der Waals surface area contributed by atoms with Gasteiger partial charge in [0.05, 0.1) is 12.6 Å². The van der Waals surface area contributed by atoms with Gasteiger partial charge in [-0.3, -0.25) is 14.5 Å². The lowest BCUT2D eigenvalue weighted by molar-refractivity contribution is -0.138. The Hall–Kier alpha value is -1.88. The molecule has 1 aromatic carbocycles. The highest BCUT2D eigenvalue weighted by atomic mass is 16.2. The average molecular weight is 331 g/mol. The first-order valence-corrected chi connectivity index (χ1v) is 8.68. The van der Waals surface area contributed by atoms with Crippen molar-refractivity contribution in [3.8, 4) is 0 Å². The van der Waals surface area contributed by atoms with Gasteiger partial charge in [-0.25, -0.2) is 0 Å². The van der Waals surface area contributed by atoms with Crippen molar-refractivity contribution in [3.05, 3.63) is 35.9 Å². The highest BCUT2D eigenvalue weighted by Crippen LogP contribution is 2.19. The molecule has 1 aliphatic rings. The minimum Gasteiger partial charge on any atom is -0.347 e. The minimum absolute atomic E-state index is 0.0901. The molecular formula is C19H29N3O2. The molecule has 1 aliphatic heterocycles. The van der Waals surface area contributed by atoms with Crippen LogP contribution in [0.3, 0.4) is 0 Å². The fourth-order valence-corrected chi connectivity index (χ4v) is 3.20. The molecule has 1 fully saturated rings. The second-order valence-corrected chi connectivity index (χ2v) is 6.96. The van der Waals surface area contributed by atoms with Crippen molar-refractivity contribution >= 4 is 11.8 Å². The van der Waals surface area contributed by atoms with Crippen LogP contribution in [-0.4, -0.2) is 65.8 Å². The third kappa shape index (κ3) is 4.57. The fourth-order valence-electron chi connectivity index (χ4n) is 3.20. The molecule has 1 unspecified atom stereocenters. The highest BCUT2D eigenvalue weighted by Gasteiger charge is 2.33. The maximum Gasteiger partial charge on any atom is 0.239 e. The van der Waals surface area contributed by atoms with Crippen molar-refractivity contribution in [3.63, 3.8) is 0 Å². The molecular weight excluding hydrogens is 302 g/mol. The number of hydrogen-bond donors (Lipinski definition) is 0. The van der Waals surface area contributed by atoms with Gasteiger partial charge in [-0.15, -0.1) is 0 Å². The maximum absolute atomic E-state index is 12.8. The van der Waals surface area contributed by atoms with E-state index in [1.807, 2.05) is 54.0 Å². The van der Waals surface area contributed by atoms with Gasteiger partial charge in [0.2, 0.25) is 11.8 Å². The number of hydrogen-bond acceptors (Lipinski definition) is 3. The molecule has 0 aliphatic carbocycles. The lowest BCUT2D eigenvalue weighted by Gasteiger charge is -2.31. The Kier molecular flexibility index (Phi) is 6.37. The normalized spacial score (nSPS) is 18.0. The number of rotatable bonds is 6. The summed E-state index contributed by atoms with van der Waals surface area (Å²) in [5.74, 6) is 0.187. The standard InChI is InChI=1S/C19H29N3O2/c1-15(2)22(13-16-9-6-5-7-10-16)18(23)14-21-12-8-11-17(21)19(24)20(3)4/h5-7,9-10,15,17H,8,11-14H2,1-4H3. The third-order valence-electron chi connectivity index (χ3n) is 4.57. The van der Waals surface area contributed by atoms with Gasteiger partial charge < -0.3 is 9.80 Å². The second kappa shape index (κ2) is 8.29. The Morgan fingerprint density at radius 2 is 1.88 bits per heavy atom. The van der Waals surface area contributed by atoms with Gasteiger partial charge in [0.1, 0.15) is 0 Å². The van der Waals surface area contributed by atoms with E-state index in [-0.39, 0.29) is 23.9 Å². The van der Waals surface area contributed by atoms with Gasteiger partial charge in [-0.05, 0) is 38.8 Å². The van der Waals surface area contributed by atoms with E-state index >= 15 is 0 Å². The summed E-state index contributed by atoms with van der Waals surface area (Å²) in [5.41, 5.74) is 1.13. The summed E-state index contributed by atoms with van der Waals surface area (Å²) in [6.07, 6.45) is 1.81. The number of carbonyl (C=O) groups is 2. The van der Waals surface area contributed by atoms with Crippen LogP contribution in [0.5, 0.6) is 0 Å². The largest absolute Gasteiger partial charge is 0.347 e. The van der Waals surface area contributed by atoms with E-state index in [2.05, 4.69) is 0 Å². The topological polar surface area (TPSA) is 43.9 Å². The Bertz CT molecular complexity index is 557. The smallest absolute Gasteiger partial charge is 0.239 e. The molecule has 1 saturated heterocycles. The lowest BCUT2D eigenvalue weighted by atomic mass is 10.1. The van der Waals surface area contributed by atoms with E-state index in [0.717, 1.165) is 24.9 Å². The Balaban J connectivity index is 2.03. The Labute approximate surface area is 145 Å². The third-order valence-corrected chi connectivity index (χ3v) is 4.57. The van der Waals surface area contributed by atoms with Crippen LogP contribution in [0.1, 0.15) is 32.3 Å². The zero-order chi connectivity index (χ0) is 17.7. The first kappa shape index (κ1) is 18.5. The van der Waals surface area contributed by atoms with Crippen LogP contribution in [-0.2, 0) is 16.1 Å². The van der Waals surface area contributed by atoms with E-state index in [0.29, 0.717) is 13.1 Å². The van der Waals surface area contributed by atoms with Crippen molar-refractivity contribution in [1.82, 2.24) is 14.7 Å². The number of carbonyl (C=O) groups excluding carboxylic acids is 2. The van der Waals surface area contributed by atoms with E-state index in [4.69, 9.17) is 0 Å². The monoisotopic (exact) mass is 331 g/mol. The van der Waals surface area contributed by atoms with Gasteiger partial charge in [-0.2, -0.15) is 0 Å². The van der Waals surface area contributed by atoms with Crippen LogP contribution in [0.25, 0.3) is 0 Å². The first-order valence-electron chi connectivity index (χ1n) is 8.68. The molecule has 2 rings (SSSR count). The number of likely N-dealkylation sites (tertiary alicyclic amines) is 1. The molecule has 132 valence electrons. The Morgan fingerprint density at radius 3 is 2.46 bits per heavy atom. The molecule has 0 aromatic heterocycles. The van der Waals surface area contributed by atoms with Crippen molar-refractivity contribution in [1.29, 1.82) is 0 Å².